The minimum Gasteiger partial charge on any atom is -0.391 e. The molecule has 0 bridgehead atoms. The van der Waals surface area contributed by atoms with Crippen molar-refractivity contribution in [2.75, 3.05) is 19.7 Å². The third-order valence-corrected chi connectivity index (χ3v) is 7.22. The summed E-state index contributed by atoms with van der Waals surface area (Å²) >= 11 is 12.4. The van der Waals surface area contributed by atoms with Crippen LogP contribution in [0.3, 0.4) is 0 Å². The highest BCUT2D eigenvalue weighted by Gasteiger charge is 2.53. The van der Waals surface area contributed by atoms with Crippen molar-refractivity contribution in [1.82, 2.24) is 10.6 Å². The van der Waals surface area contributed by atoms with E-state index in [4.69, 9.17) is 33.7 Å². The molecule has 0 spiro atoms. The molecule has 0 radical (unpaired) electrons. The highest BCUT2D eigenvalue weighted by atomic mass is 35.5. The Morgan fingerprint density at radius 3 is 2.48 bits per heavy atom. The number of amides is 1. The van der Waals surface area contributed by atoms with Crippen LogP contribution in [-0.2, 0) is 14.9 Å². The normalized spacial score (nSPS) is 21.0. The summed E-state index contributed by atoms with van der Waals surface area (Å²) in [5.41, 5.74) is 6.86. The number of hydrogen-bond acceptors (Lipinski definition) is 6. The molecule has 2 unspecified atom stereocenters. The lowest BCUT2D eigenvalue weighted by Crippen LogP contribution is -2.44. The predicted octanol–water partition coefficient (Wildman–Crippen LogP) is 5.68. The first-order chi connectivity index (χ1) is 19.7. The summed E-state index contributed by atoms with van der Waals surface area (Å²) in [7, 11) is 0. The van der Waals surface area contributed by atoms with Gasteiger partial charge in [0, 0.05) is 41.3 Å². The monoisotopic (exact) mass is 615 g/mol. The Morgan fingerprint density at radius 2 is 1.90 bits per heavy atom. The van der Waals surface area contributed by atoms with Gasteiger partial charge in [-0.05, 0) is 73.6 Å². The van der Waals surface area contributed by atoms with E-state index in [0.717, 1.165) is 30.5 Å². The number of hydrogen-bond donors (Lipinski definition) is 4. The Labute approximate surface area is 260 Å². The third kappa shape index (κ3) is 11.0. The zero-order valence-corrected chi connectivity index (χ0v) is 26.5. The number of amidine groups is 1. The molecule has 0 aromatic heterocycles. The van der Waals surface area contributed by atoms with Crippen LogP contribution in [0, 0.1) is 16.7 Å². The van der Waals surface area contributed by atoms with Crippen LogP contribution in [0.4, 0.5) is 0 Å². The first kappa shape index (κ1) is 35.3. The molecule has 1 aliphatic heterocycles. The minimum absolute atomic E-state index is 0.0275. The number of nitrogens with two attached hydrogens (primary N) is 1. The topological polar surface area (TPSA) is 133 Å². The molecule has 1 amide bonds. The lowest BCUT2D eigenvalue weighted by atomic mass is 9.64. The molecular formula is C32H43Cl2N5O3. The molecule has 5 N–H and O–H groups in total. The number of aliphatic hydroxyl groups is 1. The van der Waals surface area contributed by atoms with Crippen LogP contribution in [-0.4, -0.2) is 48.9 Å². The maximum atomic E-state index is 10.5. The van der Waals surface area contributed by atoms with Gasteiger partial charge >= 0.3 is 0 Å². The summed E-state index contributed by atoms with van der Waals surface area (Å²) in [6.07, 6.45) is 5.13. The Kier molecular flexibility index (Phi) is 13.5. The van der Waals surface area contributed by atoms with Crippen LogP contribution in [0.1, 0.15) is 64.5 Å². The summed E-state index contributed by atoms with van der Waals surface area (Å²) in [4.78, 5) is 13.2. The number of carbonyl (C=O) groups is 1. The largest absolute Gasteiger partial charge is 0.391 e. The van der Waals surface area contributed by atoms with Gasteiger partial charge in [0.05, 0.1) is 12.7 Å². The van der Waals surface area contributed by atoms with Crippen molar-refractivity contribution in [1.29, 1.82) is 5.26 Å². The van der Waals surface area contributed by atoms with E-state index in [9.17, 15) is 15.2 Å². The summed E-state index contributed by atoms with van der Waals surface area (Å²) < 4.78 is 5.09. The number of halogens is 2. The zero-order chi connectivity index (χ0) is 31.4. The highest BCUT2D eigenvalue weighted by molar-refractivity contribution is 6.30. The van der Waals surface area contributed by atoms with Crippen molar-refractivity contribution in [3.05, 3.63) is 82.0 Å². The van der Waals surface area contributed by atoms with Crippen LogP contribution in [0.25, 0.3) is 0 Å². The van der Waals surface area contributed by atoms with Gasteiger partial charge in [0.2, 0.25) is 6.41 Å². The Bertz CT molecular complexity index is 1250. The smallest absolute Gasteiger partial charge is 0.234 e. The summed E-state index contributed by atoms with van der Waals surface area (Å²) in [6, 6.07) is 18.4. The van der Waals surface area contributed by atoms with Crippen molar-refractivity contribution in [3.8, 4) is 6.07 Å². The fraction of sp³-hybridized carbons (Fsp3) is 0.469. The van der Waals surface area contributed by atoms with E-state index < -0.39 is 11.2 Å². The van der Waals surface area contributed by atoms with Gasteiger partial charge in [0.25, 0.3) is 0 Å². The molecule has 8 nitrogen and oxygen atoms in total. The van der Waals surface area contributed by atoms with Crippen molar-refractivity contribution < 1.29 is 14.6 Å². The van der Waals surface area contributed by atoms with E-state index in [2.05, 4.69) is 48.5 Å². The zero-order valence-electron chi connectivity index (χ0n) is 25.0. The maximum Gasteiger partial charge on any atom is 0.234 e. The molecule has 42 heavy (non-hydrogen) atoms. The lowest BCUT2D eigenvalue weighted by molar-refractivity contribution is -0.175. The number of benzene rings is 2. The molecule has 0 aliphatic carbocycles. The van der Waals surface area contributed by atoms with Gasteiger partial charge in [-0.2, -0.15) is 10.3 Å². The van der Waals surface area contributed by atoms with E-state index >= 15 is 0 Å². The van der Waals surface area contributed by atoms with Gasteiger partial charge < -0.3 is 26.2 Å². The van der Waals surface area contributed by atoms with Crippen molar-refractivity contribution in [3.63, 3.8) is 0 Å². The third-order valence-electron chi connectivity index (χ3n) is 6.74. The Hall–Kier alpha value is -2.93. The van der Waals surface area contributed by atoms with Crippen LogP contribution in [0.5, 0.6) is 0 Å². The molecule has 1 fully saturated rings. The van der Waals surface area contributed by atoms with Crippen molar-refractivity contribution in [2.45, 2.75) is 70.6 Å². The van der Waals surface area contributed by atoms with E-state index in [1.165, 1.54) is 6.08 Å². The highest BCUT2D eigenvalue weighted by Crippen LogP contribution is 2.48. The quantitative estimate of drug-likeness (QED) is 0.0839. The molecule has 0 saturated carbocycles. The molecule has 3 atom stereocenters. The van der Waals surface area contributed by atoms with E-state index in [1.807, 2.05) is 42.5 Å². The number of aliphatic imine (C=N–C) groups is 1. The second-order valence-electron chi connectivity index (χ2n) is 11.9. The van der Waals surface area contributed by atoms with Crippen molar-refractivity contribution in [2.24, 2.45) is 16.1 Å². The molecule has 1 saturated heterocycles. The fourth-order valence-electron chi connectivity index (χ4n) is 4.95. The molecule has 228 valence electrons. The first-order valence-corrected chi connectivity index (χ1v) is 14.7. The molecular weight excluding hydrogens is 573 g/mol. The minimum atomic E-state index is -1.09. The average molecular weight is 617 g/mol. The second-order valence-corrected chi connectivity index (χ2v) is 12.8. The maximum absolute atomic E-state index is 10.5. The van der Waals surface area contributed by atoms with Crippen LogP contribution >= 0.6 is 23.2 Å². The van der Waals surface area contributed by atoms with Gasteiger partial charge in [0.15, 0.2) is 5.79 Å². The number of nitriles is 1. The van der Waals surface area contributed by atoms with Gasteiger partial charge in [-0.25, -0.2) is 0 Å². The molecule has 2 aromatic carbocycles. The average Bonchev–Trinajstić information content (AvgIpc) is 3.26. The number of carbonyl (C=O) groups excluding carboxylic acids is 1. The van der Waals surface area contributed by atoms with Crippen LogP contribution < -0.4 is 16.4 Å². The molecule has 10 heteroatoms. The van der Waals surface area contributed by atoms with E-state index in [1.54, 1.807) is 20.0 Å². The lowest BCUT2D eigenvalue weighted by Gasteiger charge is -2.37. The number of nitrogens with one attached hydrogen (secondary N) is 2. The van der Waals surface area contributed by atoms with E-state index in [0.29, 0.717) is 29.6 Å². The van der Waals surface area contributed by atoms with Gasteiger partial charge in [0.1, 0.15) is 11.3 Å². The summed E-state index contributed by atoms with van der Waals surface area (Å²) in [5, 5.41) is 27.6. The van der Waals surface area contributed by atoms with E-state index in [-0.39, 0.29) is 23.2 Å². The molecule has 2 aromatic rings. The molecule has 1 heterocycles. The van der Waals surface area contributed by atoms with Gasteiger partial charge in [-0.1, -0.05) is 68.2 Å². The van der Waals surface area contributed by atoms with Crippen LogP contribution in [0.15, 0.2) is 65.8 Å². The Balaban J connectivity index is 0.000000334. The summed E-state index contributed by atoms with van der Waals surface area (Å²) in [5.74, 6) is -0.911. The second kappa shape index (κ2) is 16.1. The van der Waals surface area contributed by atoms with Gasteiger partial charge in [-0.3, -0.25) is 4.79 Å². The number of ether oxygens (including phenoxy) is 1. The summed E-state index contributed by atoms with van der Waals surface area (Å²) in [6.45, 7) is 11.7. The predicted molar refractivity (Wildman–Crippen MR) is 170 cm³/mol. The SMILES string of the molecule is CC(C)(C)CC1NCC(c2cccc(Cl)c2)[C@@]1(C#N)c1ccc(Cl)cc1.CC(C)(O)OCCCN/C=C\C(N)=NC=O. The molecule has 3 rings (SSSR count). The number of rotatable bonds is 11. The fourth-order valence-corrected chi connectivity index (χ4v) is 5.28. The van der Waals surface area contributed by atoms with Gasteiger partial charge in [-0.15, -0.1) is 0 Å². The molecule has 1 aliphatic rings. The number of nitrogens with zero attached hydrogens (tertiary/aromatic N) is 2. The van der Waals surface area contributed by atoms with Crippen molar-refractivity contribution >= 4 is 35.4 Å². The van der Waals surface area contributed by atoms with Crippen LogP contribution in [0.2, 0.25) is 10.0 Å². The Morgan fingerprint density at radius 1 is 1.21 bits per heavy atom. The standard InChI is InChI=1S/C22H24Cl2N2.C10H19N3O3/c1-21(2,3)12-20-22(14-25,16-7-9-17(23)10-8-16)19(13-26-20)15-5-4-6-18(24)11-15;1-10(2,15)16-7-3-5-12-6-4-9(11)13-8-14/h4-11,19-20,26H,12-13H2,1-3H3;4,6,8,12,15H,3,5,7H2,1-2H3,(H2,11,13,14)/b;6-4-/t19?,20?,22-;/m1./s1. The first-order valence-electron chi connectivity index (χ1n) is 13.9.